The van der Waals surface area contributed by atoms with E-state index in [0.29, 0.717) is 17.1 Å². The molecule has 0 radical (unpaired) electrons. The van der Waals surface area contributed by atoms with Crippen molar-refractivity contribution in [2.75, 3.05) is 6.61 Å². The van der Waals surface area contributed by atoms with E-state index in [4.69, 9.17) is 13.9 Å². The van der Waals surface area contributed by atoms with Crippen molar-refractivity contribution in [2.45, 2.75) is 6.29 Å². The molecule has 0 saturated carbocycles. The molecule has 0 atom stereocenters. The molecule has 0 bridgehead atoms. The molecule has 0 unspecified atom stereocenters. The maximum atomic E-state index is 5.73. The Morgan fingerprint density at radius 2 is 1.22 bits per heavy atom. The first-order chi connectivity index (χ1) is 8.88. The van der Waals surface area contributed by atoms with Crippen LogP contribution in [-0.2, 0) is 4.43 Å². The zero-order valence-corrected chi connectivity index (χ0v) is 12.3. The Kier molecular flexibility index (Phi) is 4.81. The molecule has 0 aliphatic rings. The predicted molar refractivity (Wildman–Crippen MR) is 73.8 cm³/mol. The van der Waals surface area contributed by atoms with Crippen molar-refractivity contribution in [3.8, 4) is 11.5 Å². The summed E-state index contributed by atoms with van der Waals surface area (Å²) in [5, 5.41) is 0. The standard InChI is InChI=1S/C14H16O3Si/c18-15-11-14(16-12-7-3-1-4-8-12)17-13-9-5-2-6-10-13/h1-10,14H,11H2,18H3. The number of ether oxygens (including phenoxy) is 2. The van der Waals surface area contributed by atoms with Crippen LogP contribution in [-0.4, -0.2) is 23.4 Å². The van der Waals surface area contributed by atoms with E-state index in [-0.39, 0.29) is 0 Å². The number of hydrogen-bond donors (Lipinski definition) is 0. The number of rotatable bonds is 6. The molecule has 0 fully saturated rings. The fourth-order valence-corrected chi connectivity index (χ4v) is 1.80. The van der Waals surface area contributed by atoms with Gasteiger partial charge in [0.05, 0.1) is 0 Å². The molecular weight excluding hydrogens is 244 g/mol. The Morgan fingerprint density at radius 3 is 1.61 bits per heavy atom. The quantitative estimate of drug-likeness (QED) is 0.585. The lowest BCUT2D eigenvalue weighted by atomic mass is 10.3. The smallest absolute Gasteiger partial charge is 0.262 e. The van der Waals surface area contributed by atoms with E-state index in [1.165, 1.54) is 0 Å². The molecule has 0 saturated heterocycles. The Balaban J connectivity index is 2.00. The van der Waals surface area contributed by atoms with Gasteiger partial charge in [-0.1, -0.05) is 36.4 Å². The number of benzene rings is 2. The van der Waals surface area contributed by atoms with Gasteiger partial charge in [0, 0.05) is 0 Å². The number of para-hydroxylation sites is 2. The average Bonchev–Trinajstić information content (AvgIpc) is 2.41. The third-order valence-corrected chi connectivity index (χ3v) is 2.66. The van der Waals surface area contributed by atoms with Crippen LogP contribution >= 0.6 is 0 Å². The summed E-state index contributed by atoms with van der Waals surface area (Å²) in [5.41, 5.74) is 0. The summed E-state index contributed by atoms with van der Waals surface area (Å²) in [6.07, 6.45) is -0.424. The zero-order chi connectivity index (χ0) is 12.6. The first kappa shape index (κ1) is 12.7. The molecule has 0 aromatic heterocycles. The maximum absolute atomic E-state index is 5.73. The van der Waals surface area contributed by atoms with Crippen LogP contribution in [0.3, 0.4) is 0 Å². The van der Waals surface area contributed by atoms with Gasteiger partial charge in [-0.25, -0.2) is 0 Å². The van der Waals surface area contributed by atoms with E-state index >= 15 is 0 Å². The highest BCUT2D eigenvalue weighted by atomic mass is 28.2. The van der Waals surface area contributed by atoms with Crippen LogP contribution in [0.25, 0.3) is 0 Å². The van der Waals surface area contributed by atoms with Crippen molar-refractivity contribution in [1.82, 2.24) is 0 Å². The van der Waals surface area contributed by atoms with Crippen LogP contribution in [0.15, 0.2) is 60.7 Å². The SMILES string of the molecule is [SiH3]OCC(Oc1ccccc1)Oc1ccccc1. The van der Waals surface area contributed by atoms with Crippen LogP contribution in [0.4, 0.5) is 0 Å². The van der Waals surface area contributed by atoms with Gasteiger partial charge < -0.3 is 13.9 Å². The van der Waals surface area contributed by atoms with E-state index in [2.05, 4.69) is 0 Å². The molecule has 2 aromatic rings. The van der Waals surface area contributed by atoms with Gasteiger partial charge in [0.25, 0.3) is 6.29 Å². The molecule has 2 rings (SSSR count). The molecule has 0 N–H and O–H groups in total. The van der Waals surface area contributed by atoms with E-state index in [9.17, 15) is 0 Å². The topological polar surface area (TPSA) is 27.7 Å². The fraction of sp³-hybridized carbons (Fsp3) is 0.143. The van der Waals surface area contributed by atoms with E-state index in [0.717, 1.165) is 11.5 Å². The third kappa shape index (κ3) is 3.91. The fourth-order valence-electron chi connectivity index (χ4n) is 1.53. The Bertz CT molecular complexity index is 406. The van der Waals surface area contributed by atoms with Crippen molar-refractivity contribution in [3.63, 3.8) is 0 Å². The Morgan fingerprint density at radius 1 is 0.778 bits per heavy atom. The molecule has 0 amide bonds. The highest BCUT2D eigenvalue weighted by molar-refractivity contribution is 5.97. The summed E-state index contributed by atoms with van der Waals surface area (Å²) in [5.74, 6) is 1.55. The third-order valence-electron chi connectivity index (χ3n) is 2.32. The minimum absolute atomic E-state index is 0.424. The lowest BCUT2D eigenvalue weighted by molar-refractivity contribution is -0.0259. The summed E-state index contributed by atoms with van der Waals surface area (Å²) in [7, 11) is 0.661. The van der Waals surface area contributed by atoms with Crippen LogP contribution < -0.4 is 9.47 Å². The van der Waals surface area contributed by atoms with Crippen molar-refractivity contribution in [1.29, 1.82) is 0 Å². The van der Waals surface area contributed by atoms with E-state index in [1.807, 2.05) is 60.7 Å². The first-order valence-corrected chi connectivity index (χ1v) is 6.62. The highest BCUT2D eigenvalue weighted by Gasteiger charge is 2.11. The van der Waals surface area contributed by atoms with Crippen molar-refractivity contribution in [3.05, 3.63) is 60.7 Å². The van der Waals surface area contributed by atoms with Crippen molar-refractivity contribution < 1.29 is 13.9 Å². The van der Waals surface area contributed by atoms with Crippen LogP contribution in [0, 0.1) is 0 Å². The molecule has 3 nitrogen and oxygen atoms in total. The summed E-state index contributed by atoms with van der Waals surface area (Å²) in [6, 6.07) is 19.2. The largest absolute Gasteiger partial charge is 0.452 e. The van der Waals surface area contributed by atoms with Crippen LogP contribution in [0.5, 0.6) is 11.5 Å². The van der Waals surface area contributed by atoms with Crippen LogP contribution in [0.2, 0.25) is 0 Å². The minimum Gasteiger partial charge on any atom is -0.452 e. The molecule has 0 heterocycles. The highest BCUT2D eigenvalue weighted by Crippen LogP contribution is 2.15. The lowest BCUT2D eigenvalue weighted by Crippen LogP contribution is -2.29. The van der Waals surface area contributed by atoms with Gasteiger partial charge in [-0.15, -0.1) is 0 Å². The minimum atomic E-state index is -0.424. The van der Waals surface area contributed by atoms with Crippen molar-refractivity contribution in [2.24, 2.45) is 0 Å². The van der Waals surface area contributed by atoms with Gasteiger partial charge in [-0.3, -0.25) is 0 Å². The number of hydrogen-bond acceptors (Lipinski definition) is 3. The van der Waals surface area contributed by atoms with Gasteiger partial charge in [0.2, 0.25) is 0 Å². The predicted octanol–water partition coefficient (Wildman–Crippen LogP) is 1.77. The normalized spacial score (nSPS) is 10.5. The first-order valence-electron chi connectivity index (χ1n) is 5.81. The molecule has 0 spiro atoms. The van der Waals surface area contributed by atoms with Gasteiger partial charge in [0.15, 0.2) is 0 Å². The zero-order valence-electron chi connectivity index (χ0n) is 10.3. The van der Waals surface area contributed by atoms with Gasteiger partial charge in [0.1, 0.15) is 28.6 Å². The van der Waals surface area contributed by atoms with Gasteiger partial charge >= 0.3 is 0 Å². The van der Waals surface area contributed by atoms with Gasteiger partial charge in [-0.2, -0.15) is 0 Å². The molecular formula is C14H16O3Si. The summed E-state index contributed by atoms with van der Waals surface area (Å²) < 4.78 is 16.7. The van der Waals surface area contributed by atoms with E-state index in [1.54, 1.807) is 0 Å². The summed E-state index contributed by atoms with van der Waals surface area (Å²) in [4.78, 5) is 0. The summed E-state index contributed by atoms with van der Waals surface area (Å²) >= 11 is 0. The maximum Gasteiger partial charge on any atom is 0.262 e. The lowest BCUT2D eigenvalue weighted by Gasteiger charge is -2.20. The second-order valence-electron chi connectivity index (χ2n) is 3.75. The molecule has 0 aliphatic heterocycles. The second-order valence-corrected chi connectivity index (χ2v) is 4.32. The molecule has 4 heteroatoms. The molecule has 18 heavy (non-hydrogen) atoms. The van der Waals surface area contributed by atoms with Crippen LogP contribution in [0.1, 0.15) is 0 Å². The average molecular weight is 260 g/mol. The summed E-state index contributed by atoms with van der Waals surface area (Å²) in [6.45, 7) is 0.427. The molecule has 0 aliphatic carbocycles. The Labute approximate surface area is 110 Å². The van der Waals surface area contributed by atoms with E-state index < -0.39 is 6.29 Å². The monoisotopic (exact) mass is 260 g/mol. The Hall–Kier alpha value is -1.78. The molecule has 2 aromatic carbocycles. The molecule has 94 valence electrons. The van der Waals surface area contributed by atoms with Gasteiger partial charge in [-0.05, 0) is 24.3 Å². The second kappa shape index (κ2) is 6.83. The van der Waals surface area contributed by atoms with Crippen molar-refractivity contribution >= 4 is 10.5 Å².